The number of amides is 1. The molecule has 2 aromatic rings. The van der Waals surface area contributed by atoms with Crippen molar-refractivity contribution >= 4 is 45.4 Å². The first-order chi connectivity index (χ1) is 11.0. The molecule has 3 nitrogen and oxygen atoms in total. The van der Waals surface area contributed by atoms with Gasteiger partial charge in [0.25, 0.3) is 5.91 Å². The van der Waals surface area contributed by atoms with Gasteiger partial charge in [0.05, 0.1) is 16.1 Å². The average molecular weight is 365 g/mol. The van der Waals surface area contributed by atoms with Crippen LogP contribution in [-0.4, -0.2) is 5.91 Å². The Morgan fingerprint density at radius 3 is 2.96 bits per heavy atom. The summed E-state index contributed by atoms with van der Waals surface area (Å²) in [6.45, 7) is 2.19. The highest BCUT2D eigenvalue weighted by atomic mass is 35.5. The van der Waals surface area contributed by atoms with Crippen LogP contribution >= 0.6 is 34.5 Å². The fraction of sp³-hybridized carbons (Fsp3) is 0.294. The van der Waals surface area contributed by atoms with E-state index in [-0.39, 0.29) is 5.91 Å². The molecule has 23 heavy (non-hydrogen) atoms. The fourth-order valence-corrected chi connectivity index (χ4v) is 4.37. The highest BCUT2D eigenvalue weighted by Crippen LogP contribution is 2.39. The molecule has 1 aromatic carbocycles. The first-order valence-electron chi connectivity index (χ1n) is 7.30. The fourth-order valence-electron chi connectivity index (χ4n) is 2.81. The molecule has 0 radical (unpaired) electrons. The van der Waals surface area contributed by atoms with E-state index in [1.54, 1.807) is 12.1 Å². The van der Waals surface area contributed by atoms with Gasteiger partial charge < -0.3 is 5.32 Å². The van der Waals surface area contributed by atoms with E-state index < -0.39 is 0 Å². The maximum absolute atomic E-state index is 12.5. The molecule has 1 aliphatic rings. The highest BCUT2D eigenvalue weighted by molar-refractivity contribution is 7.16. The van der Waals surface area contributed by atoms with Gasteiger partial charge in [-0.05, 0) is 48.9 Å². The third-order valence-electron chi connectivity index (χ3n) is 4.02. The summed E-state index contributed by atoms with van der Waals surface area (Å²) in [6, 6.07) is 6.99. The van der Waals surface area contributed by atoms with Crippen LogP contribution < -0.4 is 5.32 Å². The van der Waals surface area contributed by atoms with Gasteiger partial charge in [-0.1, -0.05) is 30.1 Å². The molecule has 6 heteroatoms. The molecule has 0 aliphatic heterocycles. The predicted octanol–water partition coefficient (Wildman–Crippen LogP) is 5.30. The van der Waals surface area contributed by atoms with Gasteiger partial charge in [-0.3, -0.25) is 4.79 Å². The van der Waals surface area contributed by atoms with Gasteiger partial charge in [0.1, 0.15) is 11.1 Å². The first-order valence-corrected chi connectivity index (χ1v) is 8.88. The van der Waals surface area contributed by atoms with Crippen LogP contribution in [0.4, 0.5) is 5.00 Å². The summed E-state index contributed by atoms with van der Waals surface area (Å²) in [5.74, 6) is 0.218. The van der Waals surface area contributed by atoms with Crippen LogP contribution in [0.2, 0.25) is 10.0 Å². The minimum atomic E-state index is -0.347. The summed E-state index contributed by atoms with van der Waals surface area (Å²) >= 11 is 13.5. The number of carbonyl (C=O) groups is 1. The number of carbonyl (C=O) groups excluding carboxylic acids is 1. The summed E-state index contributed by atoms with van der Waals surface area (Å²) in [4.78, 5) is 13.7. The molecule has 1 aliphatic carbocycles. The molecule has 1 atom stereocenters. The summed E-state index contributed by atoms with van der Waals surface area (Å²) < 4.78 is 0. The number of nitrogens with zero attached hydrogens (tertiary/aromatic N) is 1. The van der Waals surface area contributed by atoms with Crippen LogP contribution in [0, 0.1) is 17.2 Å². The van der Waals surface area contributed by atoms with Crippen molar-refractivity contribution < 1.29 is 4.79 Å². The number of anilines is 1. The van der Waals surface area contributed by atoms with Gasteiger partial charge in [0.2, 0.25) is 0 Å². The van der Waals surface area contributed by atoms with E-state index in [2.05, 4.69) is 18.3 Å². The second kappa shape index (κ2) is 6.52. The van der Waals surface area contributed by atoms with Crippen molar-refractivity contribution in [2.24, 2.45) is 5.92 Å². The normalized spacial score (nSPS) is 16.5. The lowest BCUT2D eigenvalue weighted by molar-refractivity contribution is 0.102. The molecular weight excluding hydrogens is 351 g/mol. The van der Waals surface area contributed by atoms with Crippen LogP contribution in [0.15, 0.2) is 18.2 Å². The molecule has 3 rings (SSSR count). The van der Waals surface area contributed by atoms with Crippen molar-refractivity contribution in [3.63, 3.8) is 0 Å². The van der Waals surface area contributed by atoms with Crippen molar-refractivity contribution in [1.82, 2.24) is 0 Å². The number of fused-ring (bicyclic) bond motifs is 1. The minimum absolute atomic E-state index is 0.308. The number of hydrogen-bond donors (Lipinski definition) is 1. The monoisotopic (exact) mass is 364 g/mol. The standard InChI is InChI=1S/C17H14Cl2N2OS/c1-9-2-5-15-11(6-9)13(8-20)17(23-15)21-16(22)12-7-10(18)3-4-14(12)19/h3-4,7,9H,2,5-6H2,1H3,(H,21,22). The van der Waals surface area contributed by atoms with Gasteiger partial charge in [0.15, 0.2) is 0 Å². The average Bonchev–Trinajstić information content (AvgIpc) is 2.85. The zero-order valence-corrected chi connectivity index (χ0v) is 14.8. The summed E-state index contributed by atoms with van der Waals surface area (Å²) in [7, 11) is 0. The molecule has 0 spiro atoms. The van der Waals surface area contributed by atoms with Crippen LogP contribution in [0.5, 0.6) is 0 Å². The first kappa shape index (κ1) is 16.3. The Kier molecular flexibility index (Phi) is 4.63. The summed E-state index contributed by atoms with van der Waals surface area (Å²) in [6.07, 6.45) is 2.97. The number of rotatable bonds is 2. The quantitative estimate of drug-likeness (QED) is 0.785. The lowest BCUT2D eigenvalue weighted by atomic mass is 9.88. The van der Waals surface area contributed by atoms with Gasteiger partial charge in [-0.15, -0.1) is 11.3 Å². The number of nitriles is 1. The van der Waals surface area contributed by atoms with Gasteiger partial charge in [-0.2, -0.15) is 5.26 Å². The Bertz CT molecular complexity index is 823. The SMILES string of the molecule is CC1CCc2sc(NC(=O)c3cc(Cl)ccc3Cl)c(C#N)c2C1. The van der Waals surface area contributed by atoms with Gasteiger partial charge >= 0.3 is 0 Å². The second-order valence-electron chi connectivity index (χ2n) is 5.75. The van der Waals surface area contributed by atoms with E-state index in [0.717, 1.165) is 24.8 Å². The predicted molar refractivity (Wildman–Crippen MR) is 94.6 cm³/mol. The molecule has 1 amide bonds. The smallest absolute Gasteiger partial charge is 0.257 e. The number of aryl methyl sites for hydroxylation is 1. The topological polar surface area (TPSA) is 52.9 Å². The van der Waals surface area contributed by atoms with E-state index in [9.17, 15) is 10.1 Å². The zero-order chi connectivity index (χ0) is 16.6. The number of benzene rings is 1. The van der Waals surface area contributed by atoms with Crippen molar-refractivity contribution in [3.8, 4) is 6.07 Å². The number of halogens is 2. The zero-order valence-electron chi connectivity index (χ0n) is 12.5. The van der Waals surface area contributed by atoms with Crippen LogP contribution in [-0.2, 0) is 12.8 Å². The van der Waals surface area contributed by atoms with E-state index in [4.69, 9.17) is 23.2 Å². The maximum atomic E-state index is 12.5. The van der Waals surface area contributed by atoms with Crippen molar-refractivity contribution in [2.75, 3.05) is 5.32 Å². The van der Waals surface area contributed by atoms with Crippen LogP contribution in [0.25, 0.3) is 0 Å². The Balaban J connectivity index is 1.93. The molecule has 118 valence electrons. The molecule has 0 fully saturated rings. The number of hydrogen-bond acceptors (Lipinski definition) is 3. The van der Waals surface area contributed by atoms with E-state index in [1.165, 1.54) is 22.3 Å². The molecule has 0 saturated heterocycles. The second-order valence-corrected chi connectivity index (χ2v) is 7.69. The maximum Gasteiger partial charge on any atom is 0.257 e. The number of thiophene rings is 1. The van der Waals surface area contributed by atoms with Crippen LogP contribution in [0.3, 0.4) is 0 Å². The van der Waals surface area contributed by atoms with Crippen LogP contribution in [0.1, 0.15) is 39.7 Å². The minimum Gasteiger partial charge on any atom is -0.312 e. The van der Waals surface area contributed by atoms with Gasteiger partial charge in [-0.25, -0.2) is 0 Å². The third-order valence-corrected chi connectivity index (χ3v) is 5.79. The Morgan fingerprint density at radius 2 is 2.22 bits per heavy atom. The molecular formula is C17H14Cl2N2OS. The molecule has 0 saturated carbocycles. The molecule has 1 N–H and O–H groups in total. The molecule has 1 aromatic heterocycles. The lowest BCUT2D eigenvalue weighted by Crippen LogP contribution is -2.13. The number of nitrogens with one attached hydrogen (secondary N) is 1. The molecule has 1 unspecified atom stereocenters. The third kappa shape index (κ3) is 3.23. The molecule has 1 heterocycles. The van der Waals surface area contributed by atoms with Gasteiger partial charge in [0, 0.05) is 9.90 Å². The van der Waals surface area contributed by atoms with Crippen molar-refractivity contribution in [3.05, 3.63) is 49.8 Å². The lowest BCUT2D eigenvalue weighted by Gasteiger charge is -2.17. The summed E-state index contributed by atoms with van der Waals surface area (Å²) in [5, 5.41) is 13.7. The van der Waals surface area contributed by atoms with Crippen molar-refractivity contribution in [2.45, 2.75) is 26.2 Å². The van der Waals surface area contributed by atoms with E-state index in [1.807, 2.05) is 0 Å². The molecule has 0 bridgehead atoms. The van der Waals surface area contributed by atoms with E-state index >= 15 is 0 Å². The Hall–Kier alpha value is -1.54. The highest BCUT2D eigenvalue weighted by Gasteiger charge is 2.25. The Morgan fingerprint density at radius 1 is 1.43 bits per heavy atom. The van der Waals surface area contributed by atoms with Crippen molar-refractivity contribution in [1.29, 1.82) is 5.26 Å². The summed E-state index contributed by atoms with van der Waals surface area (Å²) in [5.41, 5.74) is 1.98. The Labute approximate surface area is 148 Å². The largest absolute Gasteiger partial charge is 0.312 e. The van der Waals surface area contributed by atoms with E-state index in [0.29, 0.717) is 32.1 Å².